The van der Waals surface area contributed by atoms with Gasteiger partial charge in [-0.1, -0.05) is 43.9 Å². The van der Waals surface area contributed by atoms with Gasteiger partial charge in [0.2, 0.25) is 0 Å². The summed E-state index contributed by atoms with van der Waals surface area (Å²) in [4.78, 5) is 33.2. The zero-order valence-corrected chi connectivity index (χ0v) is 17.5. The van der Waals surface area contributed by atoms with Gasteiger partial charge in [-0.05, 0) is 26.0 Å². The first-order valence-corrected chi connectivity index (χ1v) is 10.8. The lowest BCUT2D eigenvalue weighted by Crippen LogP contribution is -2.47. The molecule has 0 radical (unpaired) electrons. The van der Waals surface area contributed by atoms with Crippen LogP contribution in [0.5, 0.6) is 5.75 Å². The van der Waals surface area contributed by atoms with E-state index in [1.807, 2.05) is 24.3 Å². The molecule has 2 fully saturated rings. The number of hydrogen-bond donors (Lipinski definition) is 0. The molecule has 6 heteroatoms. The fourth-order valence-electron chi connectivity index (χ4n) is 4.80. The number of amides is 2. The molecular formula is C23H31N3O3. The smallest absolute Gasteiger partial charge is 0.278 e. The van der Waals surface area contributed by atoms with Gasteiger partial charge in [0.05, 0.1) is 12.7 Å². The topological polar surface area (TPSA) is 53.1 Å². The Morgan fingerprint density at radius 3 is 2.21 bits per heavy atom. The second-order valence-corrected chi connectivity index (χ2v) is 8.34. The van der Waals surface area contributed by atoms with Gasteiger partial charge in [-0.15, -0.1) is 0 Å². The SMILES string of the molecule is COc1ccccc1C1=C(N2CCN(C)CC2)C(=O)N(C2CCCCCC2)C1=O. The number of hydrogen-bond acceptors (Lipinski definition) is 5. The molecule has 1 saturated heterocycles. The van der Waals surface area contributed by atoms with Crippen molar-refractivity contribution in [3.05, 3.63) is 35.5 Å². The van der Waals surface area contributed by atoms with Crippen LogP contribution in [0.25, 0.3) is 5.57 Å². The van der Waals surface area contributed by atoms with E-state index in [4.69, 9.17) is 4.74 Å². The zero-order valence-electron chi connectivity index (χ0n) is 17.5. The number of piperazine rings is 1. The third-order valence-corrected chi connectivity index (χ3v) is 6.48. The van der Waals surface area contributed by atoms with Gasteiger partial charge in [0.25, 0.3) is 11.8 Å². The molecule has 2 amide bonds. The molecule has 0 N–H and O–H groups in total. The highest BCUT2D eigenvalue weighted by atomic mass is 16.5. The summed E-state index contributed by atoms with van der Waals surface area (Å²) in [6.07, 6.45) is 6.35. The minimum absolute atomic E-state index is 0.00664. The van der Waals surface area contributed by atoms with Crippen molar-refractivity contribution in [1.29, 1.82) is 0 Å². The summed E-state index contributed by atoms with van der Waals surface area (Å²) in [6, 6.07) is 7.55. The van der Waals surface area contributed by atoms with Crippen molar-refractivity contribution < 1.29 is 14.3 Å². The van der Waals surface area contributed by atoms with E-state index in [0.717, 1.165) is 57.4 Å². The number of rotatable bonds is 4. The van der Waals surface area contributed by atoms with Crippen LogP contribution in [0.4, 0.5) is 0 Å². The predicted molar refractivity (Wildman–Crippen MR) is 112 cm³/mol. The molecule has 0 bridgehead atoms. The van der Waals surface area contributed by atoms with Gasteiger partial charge in [0.15, 0.2) is 0 Å². The molecule has 3 aliphatic rings. The van der Waals surface area contributed by atoms with Crippen LogP contribution in [0.1, 0.15) is 44.1 Å². The molecule has 0 unspecified atom stereocenters. The average molecular weight is 398 g/mol. The lowest BCUT2D eigenvalue weighted by atomic mass is 10.0. The number of para-hydroxylation sites is 1. The van der Waals surface area contributed by atoms with Crippen molar-refractivity contribution in [3.63, 3.8) is 0 Å². The molecule has 4 rings (SSSR count). The van der Waals surface area contributed by atoms with Crippen molar-refractivity contribution in [2.24, 2.45) is 0 Å². The van der Waals surface area contributed by atoms with E-state index >= 15 is 0 Å². The lowest BCUT2D eigenvalue weighted by molar-refractivity contribution is -0.140. The number of ether oxygens (including phenoxy) is 1. The monoisotopic (exact) mass is 397 g/mol. The molecule has 2 heterocycles. The largest absolute Gasteiger partial charge is 0.496 e. The fraction of sp³-hybridized carbons (Fsp3) is 0.565. The van der Waals surface area contributed by atoms with Crippen LogP contribution in [0.15, 0.2) is 30.0 Å². The summed E-state index contributed by atoms with van der Waals surface area (Å²) in [6.45, 7) is 3.27. The van der Waals surface area contributed by atoms with Crippen LogP contribution in [-0.4, -0.2) is 72.9 Å². The van der Waals surface area contributed by atoms with Gasteiger partial charge in [-0.25, -0.2) is 0 Å². The number of benzene rings is 1. The molecular weight excluding hydrogens is 366 g/mol. The van der Waals surface area contributed by atoms with E-state index in [2.05, 4.69) is 16.8 Å². The number of likely N-dealkylation sites (N-methyl/N-ethyl adjacent to an activating group) is 1. The van der Waals surface area contributed by atoms with E-state index in [9.17, 15) is 9.59 Å². The summed E-state index contributed by atoms with van der Waals surface area (Å²) in [5.41, 5.74) is 1.80. The van der Waals surface area contributed by atoms with Crippen molar-refractivity contribution >= 4 is 17.4 Å². The maximum absolute atomic E-state index is 13.7. The molecule has 1 saturated carbocycles. The zero-order chi connectivity index (χ0) is 20.4. The molecule has 6 nitrogen and oxygen atoms in total. The molecule has 1 aromatic rings. The van der Waals surface area contributed by atoms with Crippen LogP contribution >= 0.6 is 0 Å². The Labute approximate surface area is 173 Å². The molecule has 1 aliphatic carbocycles. The Morgan fingerprint density at radius 1 is 0.897 bits per heavy atom. The van der Waals surface area contributed by atoms with Gasteiger partial charge in [0.1, 0.15) is 11.4 Å². The summed E-state index contributed by atoms with van der Waals surface area (Å²) in [5, 5.41) is 0. The average Bonchev–Trinajstić information content (AvgIpc) is 2.90. The highest BCUT2D eigenvalue weighted by Crippen LogP contribution is 2.39. The summed E-state index contributed by atoms with van der Waals surface area (Å²) < 4.78 is 5.55. The Kier molecular flexibility index (Phi) is 5.90. The van der Waals surface area contributed by atoms with Crippen molar-refractivity contribution in [1.82, 2.24) is 14.7 Å². The Balaban J connectivity index is 1.76. The fourth-order valence-corrected chi connectivity index (χ4v) is 4.80. The maximum atomic E-state index is 13.7. The number of methoxy groups -OCH3 is 1. The normalized spacial score (nSPS) is 22.4. The van der Waals surface area contributed by atoms with E-state index in [0.29, 0.717) is 17.0 Å². The van der Waals surface area contributed by atoms with Gasteiger partial charge in [-0.3, -0.25) is 14.5 Å². The minimum Gasteiger partial charge on any atom is -0.496 e. The number of imide groups is 1. The van der Waals surface area contributed by atoms with Gasteiger partial charge >= 0.3 is 0 Å². The van der Waals surface area contributed by atoms with Crippen LogP contribution in [-0.2, 0) is 9.59 Å². The summed E-state index contributed by atoms with van der Waals surface area (Å²) in [7, 11) is 3.70. The van der Waals surface area contributed by atoms with Crippen LogP contribution in [0.3, 0.4) is 0 Å². The molecule has 2 aliphatic heterocycles. The summed E-state index contributed by atoms with van der Waals surface area (Å²) >= 11 is 0. The van der Waals surface area contributed by atoms with E-state index in [1.54, 1.807) is 12.0 Å². The molecule has 0 atom stereocenters. The molecule has 1 aromatic carbocycles. The van der Waals surface area contributed by atoms with Crippen molar-refractivity contribution in [3.8, 4) is 5.75 Å². The van der Waals surface area contributed by atoms with Crippen molar-refractivity contribution in [2.75, 3.05) is 40.3 Å². The van der Waals surface area contributed by atoms with Gasteiger partial charge in [-0.2, -0.15) is 0 Å². The van der Waals surface area contributed by atoms with Crippen LogP contribution in [0.2, 0.25) is 0 Å². The molecule has 0 spiro atoms. The minimum atomic E-state index is -0.152. The number of carbonyl (C=O) groups excluding carboxylic acids is 2. The Bertz CT molecular complexity index is 803. The number of nitrogens with zero attached hydrogens (tertiary/aromatic N) is 3. The van der Waals surface area contributed by atoms with Gasteiger partial charge in [0, 0.05) is 37.8 Å². The highest BCUT2D eigenvalue weighted by molar-refractivity contribution is 6.36. The maximum Gasteiger partial charge on any atom is 0.278 e. The highest BCUT2D eigenvalue weighted by Gasteiger charge is 2.45. The third kappa shape index (κ3) is 3.78. The van der Waals surface area contributed by atoms with E-state index in [-0.39, 0.29) is 17.9 Å². The lowest BCUT2D eigenvalue weighted by Gasteiger charge is -2.35. The molecule has 156 valence electrons. The third-order valence-electron chi connectivity index (χ3n) is 6.48. The van der Waals surface area contributed by atoms with E-state index < -0.39 is 0 Å². The quantitative estimate of drug-likeness (QED) is 0.578. The predicted octanol–water partition coefficient (Wildman–Crippen LogP) is 2.75. The van der Waals surface area contributed by atoms with E-state index in [1.165, 1.54) is 12.8 Å². The van der Waals surface area contributed by atoms with Crippen molar-refractivity contribution in [2.45, 2.75) is 44.6 Å². The first-order chi connectivity index (χ1) is 14.1. The second-order valence-electron chi connectivity index (χ2n) is 8.34. The van der Waals surface area contributed by atoms with Crippen LogP contribution < -0.4 is 4.74 Å². The second kappa shape index (κ2) is 8.57. The Morgan fingerprint density at radius 2 is 1.55 bits per heavy atom. The first-order valence-electron chi connectivity index (χ1n) is 10.8. The van der Waals surface area contributed by atoms with Gasteiger partial charge < -0.3 is 14.5 Å². The summed E-state index contributed by atoms with van der Waals surface area (Å²) in [5.74, 6) is 0.366. The molecule has 29 heavy (non-hydrogen) atoms. The van der Waals surface area contributed by atoms with Crippen LogP contribution in [0, 0.1) is 0 Å². The standard InChI is InChI=1S/C23H31N3O3/c1-24-13-15-25(16-14-24)21-20(18-11-7-8-12-19(18)29-2)22(27)26(23(21)28)17-9-5-3-4-6-10-17/h7-8,11-12,17H,3-6,9-10,13-16H2,1-2H3. The Hall–Kier alpha value is -2.34. The number of carbonyl (C=O) groups is 2. The molecule has 0 aromatic heterocycles. The first kappa shape index (κ1) is 20.0.